The van der Waals surface area contributed by atoms with Crippen LogP contribution in [0, 0.1) is 11.3 Å². The number of aryl methyl sites for hydroxylation is 1. The summed E-state index contributed by atoms with van der Waals surface area (Å²) in [6, 6.07) is 10.6. The van der Waals surface area contributed by atoms with E-state index in [0.717, 1.165) is 34.9 Å². The highest BCUT2D eigenvalue weighted by Gasteiger charge is 2.23. The molecule has 26 heavy (non-hydrogen) atoms. The number of hydrogen-bond acceptors (Lipinski definition) is 2. The smallest absolute Gasteiger partial charge is 0.286 e. The highest BCUT2D eigenvalue weighted by Crippen LogP contribution is 2.34. The lowest BCUT2D eigenvalue weighted by molar-refractivity contribution is -0.374. The van der Waals surface area contributed by atoms with Crippen molar-refractivity contribution in [2.75, 3.05) is 5.73 Å². The molecule has 1 aliphatic carbocycles. The second-order valence-corrected chi connectivity index (χ2v) is 8.11. The summed E-state index contributed by atoms with van der Waals surface area (Å²) in [6.07, 6.45) is 12.2. The van der Waals surface area contributed by atoms with Crippen molar-refractivity contribution in [1.29, 1.82) is 5.26 Å². The number of pyridine rings is 1. The van der Waals surface area contributed by atoms with E-state index in [2.05, 4.69) is 39.1 Å². The van der Waals surface area contributed by atoms with E-state index < -0.39 is 0 Å². The summed E-state index contributed by atoms with van der Waals surface area (Å²) >= 11 is 3.57. The van der Waals surface area contributed by atoms with Crippen LogP contribution >= 0.6 is 15.9 Å². The van der Waals surface area contributed by atoms with Crippen LogP contribution in [0.4, 0.5) is 5.82 Å². The Morgan fingerprint density at radius 1 is 0.962 bits per heavy atom. The molecule has 3 N–H and O–H groups in total. The number of aromatic nitrogens is 1. The van der Waals surface area contributed by atoms with Crippen LogP contribution in [0.5, 0.6) is 0 Å². The molecule has 0 fully saturated rings. The Balaban J connectivity index is 2.12. The molecule has 0 bridgehead atoms. The SMILES string of the molecule is N#Cc1c(N)[nH+]c2c(c1-c1cccc(Br)c1)CCCCCCCCCC2. The van der Waals surface area contributed by atoms with Gasteiger partial charge in [-0.2, -0.15) is 5.26 Å². The van der Waals surface area contributed by atoms with Crippen molar-refractivity contribution in [1.82, 2.24) is 0 Å². The first-order chi connectivity index (χ1) is 12.7. The Bertz CT molecular complexity index is 808. The number of fused-ring (bicyclic) bond motifs is 1. The summed E-state index contributed by atoms with van der Waals surface area (Å²) in [7, 11) is 0. The average Bonchev–Trinajstić information content (AvgIpc) is 2.62. The zero-order valence-corrected chi connectivity index (χ0v) is 16.9. The number of rotatable bonds is 1. The van der Waals surface area contributed by atoms with Gasteiger partial charge >= 0.3 is 0 Å². The third kappa shape index (κ3) is 4.45. The molecule has 2 aromatic rings. The lowest BCUT2D eigenvalue weighted by Gasteiger charge is -2.16. The minimum Gasteiger partial charge on any atom is -0.286 e. The van der Waals surface area contributed by atoms with Crippen molar-refractivity contribution in [3.63, 3.8) is 0 Å². The predicted molar refractivity (Wildman–Crippen MR) is 110 cm³/mol. The molecule has 0 atom stereocenters. The topological polar surface area (TPSA) is 64.0 Å². The quantitative estimate of drug-likeness (QED) is 0.661. The van der Waals surface area contributed by atoms with Crippen LogP contribution in [0.25, 0.3) is 11.1 Å². The number of nitrogens with zero attached hydrogens (tertiary/aromatic N) is 1. The van der Waals surface area contributed by atoms with Gasteiger partial charge in [-0.05, 0) is 37.0 Å². The molecule has 1 aliphatic rings. The number of nitrogens with two attached hydrogens (primary N) is 1. The molecule has 0 spiro atoms. The number of benzene rings is 1. The average molecular weight is 413 g/mol. The molecular formula is C22H27BrN3+. The minimum absolute atomic E-state index is 0.494. The van der Waals surface area contributed by atoms with Gasteiger partial charge in [-0.15, -0.1) is 0 Å². The predicted octanol–water partition coefficient (Wildman–Crippen LogP) is 5.60. The van der Waals surface area contributed by atoms with Gasteiger partial charge in [-0.3, -0.25) is 5.73 Å². The van der Waals surface area contributed by atoms with E-state index in [1.165, 1.54) is 56.2 Å². The first-order valence-electron chi connectivity index (χ1n) is 9.73. The molecule has 3 rings (SSSR count). The molecule has 136 valence electrons. The van der Waals surface area contributed by atoms with Gasteiger partial charge < -0.3 is 0 Å². The number of anilines is 1. The van der Waals surface area contributed by atoms with Crippen LogP contribution in [0.1, 0.15) is 68.2 Å². The van der Waals surface area contributed by atoms with E-state index >= 15 is 0 Å². The number of nitriles is 1. The molecule has 0 amide bonds. The van der Waals surface area contributed by atoms with Crippen molar-refractivity contribution in [2.45, 2.75) is 64.2 Å². The molecule has 0 saturated heterocycles. The van der Waals surface area contributed by atoms with Crippen LogP contribution in [-0.4, -0.2) is 0 Å². The fourth-order valence-corrected chi connectivity index (χ4v) is 4.37. The fourth-order valence-electron chi connectivity index (χ4n) is 3.97. The molecule has 0 aliphatic heterocycles. The molecule has 1 aromatic carbocycles. The standard InChI is InChI=1S/C22H26BrN3/c23-17-11-9-10-16(14-17)21-18-12-7-5-3-1-2-4-6-8-13-20(18)26-22(25)19(21)15-24/h9-11,14H,1-8,12-13H2,(H2,25,26)/p+1. The Labute approximate surface area is 164 Å². The number of H-pyrrole nitrogens is 1. The van der Waals surface area contributed by atoms with Gasteiger partial charge in [0.25, 0.3) is 5.82 Å². The summed E-state index contributed by atoms with van der Waals surface area (Å²) in [5.41, 5.74) is 11.4. The van der Waals surface area contributed by atoms with E-state index in [-0.39, 0.29) is 0 Å². The molecule has 1 aromatic heterocycles. The lowest BCUT2D eigenvalue weighted by Crippen LogP contribution is -2.22. The number of nitrogens with one attached hydrogen (secondary N) is 1. The van der Waals surface area contributed by atoms with Crippen molar-refractivity contribution < 1.29 is 4.98 Å². The molecule has 1 heterocycles. The van der Waals surface area contributed by atoms with Gasteiger partial charge in [0.1, 0.15) is 17.3 Å². The Kier molecular flexibility index (Phi) is 6.68. The summed E-state index contributed by atoms with van der Waals surface area (Å²) in [4.78, 5) is 3.37. The maximum absolute atomic E-state index is 9.78. The fraction of sp³-hybridized carbons (Fsp3) is 0.455. The van der Waals surface area contributed by atoms with Gasteiger partial charge in [0.2, 0.25) is 0 Å². The summed E-state index contributed by atoms with van der Waals surface area (Å²) in [6.45, 7) is 0. The molecule has 3 nitrogen and oxygen atoms in total. The lowest BCUT2D eigenvalue weighted by atomic mass is 9.89. The summed E-state index contributed by atoms with van der Waals surface area (Å²) in [5.74, 6) is 0.494. The third-order valence-corrected chi connectivity index (χ3v) is 5.79. The van der Waals surface area contributed by atoms with Crippen LogP contribution in [0.3, 0.4) is 0 Å². The minimum atomic E-state index is 0.494. The number of nitrogen functional groups attached to an aromatic ring is 1. The van der Waals surface area contributed by atoms with Crippen molar-refractivity contribution in [3.05, 3.63) is 45.6 Å². The van der Waals surface area contributed by atoms with E-state index in [4.69, 9.17) is 5.73 Å². The van der Waals surface area contributed by atoms with Crippen molar-refractivity contribution in [3.8, 4) is 17.2 Å². The van der Waals surface area contributed by atoms with Crippen molar-refractivity contribution >= 4 is 21.7 Å². The zero-order valence-electron chi connectivity index (χ0n) is 15.3. The van der Waals surface area contributed by atoms with Crippen LogP contribution in [0.15, 0.2) is 28.7 Å². The zero-order chi connectivity index (χ0) is 18.4. The van der Waals surface area contributed by atoms with Crippen molar-refractivity contribution in [2.24, 2.45) is 0 Å². The molecule has 0 saturated carbocycles. The summed E-state index contributed by atoms with van der Waals surface area (Å²) in [5, 5.41) is 9.78. The van der Waals surface area contributed by atoms with Crippen LogP contribution in [-0.2, 0) is 12.8 Å². The van der Waals surface area contributed by atoms with Gasteiger partial charge in [0.05, 0.1) is 0 Å². The van der Waals surface area contributed by atoms with Gasteiger partial charge in [0.15, 0.2) is 0 Å². The second kappa shape index (κ2) is 9.19. The van der Waals surface area contributed by atoms with E-state index in [0.29, 0.717) is 11.4 Å². The second-order valence-electron chi connectivity index (χ2n) is 7.20. The summed E-state index contributed by atoms with van der Waals surface area (Å²) < 4.78 is 1.02. The van der Waals surface area contributed by atoms with Crippen LogP contribution < -0.4 is 10.7 Å². The van der Waals surface area contributed by atoms with Gasteiger partial charge in [-0.25, -0.2) is 4.98 Å². The highest BCUT2D eigenvalue weighted by atomic mass is 79.9. The first-order valence-corrected chi connectivity index (χ1v) is 10.5. The van der Waals surface area contributed by atoms with Gasteiger partial charge in [0, 0.05) is 22.0 Å². The maximum atomic E-state index is 9.78. The highest BCUT2D eigenvalue weighted by molar-refractivity contribution is 9.10. The van der Waals surface area contributed by atoms with E-state index in [1.54, 1.807) is 0 Å². The van der Waals surface area contributed by atoms with Gasteiger partial charge in [-0.1, -0.05) is 66.6 Å². The Morgan fingerprint density at radius 2 is 1.62 bits per heavy atom. The Morgan fingerprint density at radius 3 is 2.27 bits per heavy atom. The number of hydrogen-bond donors (Lipinski definition) is 1. The molecule has 4 heteroatoms. The largest absolute Gasteiger partial charge is 0.289 e. The molecule has 0 unspecified atom stereocenters. The number of halogens is 1. The maximum Gasteiger partial charge on any atom is 0.289 e. The first kappa shape index (κ1) is 18.9. The Hall–Kier alpha value is -1.86. The molecular weight excluding hydrogens is 386 g/mol. The normalized spacial score (nSPS) is 16.0. The number of aromatic amines is 1. The van der Waals surface area contributed by atoms with E-state index in [1.807, 2.05) is 12.1 Å². The van der Waals surface area contributed by atoms with E-state index in [9.17, 15) is 5.26 Å². The molecule has 0 radical (unpaired) electrons. The monoisotopic (exact) mass is 412 g/mol. The third-order valence-electron chi connectivity index (χ3n) is 5.30. The van der Waals surface area contributed by atoms with Crippen LogP contribution in [0.2, 0.25) is 0 Å².